The normalized spacial score (nSPS) is 46.9. The first-order chi connectivity index (χ1) is 9.28. The van der Waals surface area contributed by atoms with Crippen LogP contribution in [0, 0.1) is 5.92 Å². The molecule has 0 amide bonds. The molecule has 2 N–H and O–H groups in total. The van der Waals surface area contributed by atoms with Crippen molar-refractivity contribution in [3.63, 3.8) is 0 Å². The van der Waals surface area contributed by atoms with Crippen LogP contribution in [0.25, 0.3) is 0 Å². The minimum Gasteiger partial charge on any atom is -0.394 e. The molecule has 108 valence electrons. The van der Waals surface area contributed by atoms with Gasteiger partial charge in [0, 0.05) is 30.2 Å². The number of rotatable bonds is 4. The molecule has 3 saturated carbocycles. The maximum atomic E-state index is 9.93. The van der Waals surface area contributed by atoms with Gasteiger partial charge in [-0.15, -0.1) is 0 Å². The van der Waals surface area contributed by atoms with Crippen molar-refractivity contribution in [1.82, 2.24) is 10.2 Å². The van der Waals surface area contributed by atoms with Crippen LogP contribution in [0.2, 0.25) is 0 Å². The Balaban J connectivity index is 1.44. The van der Waals surface area contributed by atoms with E-state index in [1.807, 2.05) is 0 Å². The average Bonchev–Trinajstić information content (AvgIpc) is 3.00. The summed E-state index contributed by atoms with van der Waals surface area (Å²) in [5.41, 5.74) is 0.0475. The van der Waals surface area contributed by atoms with Crippen LogP contribution in [-0.2, 0) is 0 Å². The SMILES string of the molecule is OCC1(NC2CC2)CCCC(N2CC3CCC2C3)C1. The molecule has 4 aliphatic rings. The van der Waals surface area contributed by atoms with Crippen LogP contribution in [0.4, 0.5) is 0 Å². The highest BCUT2D eigenvalue weighted by atomic mass is 16.3. The number of aliphatic hydroxyl groups is 1. The molecule has 1 heterocycles. The lowest BCUT2D eigenvalue weighted by atomic mass is 9.78. The van der Waals surface area contributed by atoms with Crippen molar-refractivity contribution >= 4 is 0 Å². The first kappa shape index (κ1) is 12.6. The fraction of sp³-hybridized carbons (Fsp3) is 1.00. The van der Waals surface area contributed by atoms with Crippen LogP contribution in [-0.4, -0.2) is 46.8 Å². The smallest absolute Gasteiger partial charge is 0.0613 e. The van der Waals surface area contributed by atoms with Crippen molar-refractivity contribution in [2.45, 2.75) is 81.5 Å². The van der Waals surface area contributed by atoms with Gasteiger partial charge in [-0.1, -0.05) is 0 Å². The number of nitrogens with one attached hydrogen (secondary N) is 1. The largest absolute Gasteiger partial charge is 0.394 e. The molecule has 19 heavy (non-hydrogen) atoms. The van der Waals surface area contributed by atoms with Gasteiger partial charge in [0.1, 0.15) is 0 Å². The van der Waals surface area contributed by atoms with E-state index in [0.717, 1.165) is 18.0 Å². The van der Waals surface area contributed by atoms with E-state index in [0.29, 0.717) is 12.6 Å². The summed E-state index contributed by atoms with van der Waals surface area (Å²) in [6, 6.07) is 2.33. The van der Waals surface area contributed by atoms with Gasteiger partial charge in [-0.2, -0.15) is 0 Å². The summed E-state index contributed by atoms with van der Waals surface area (Å²) in [4.78, 5) is 2.81. The fourth-order valence-corrected chi connectivity index (χ4v) is 5.01. The summed E-state index contributed by atoms with van der Waals surface area (Å²) >= 11 is 0. The maximum Gasteiger partial charge on any atom is 0.0613 e. The highest BCUT2D eigenvalue weighted by Gasteiger charge is 2.46. The van der Waals surface area contributed by atoms with Gasteiger partial charge < -0.3 is 10.4 Å². The summed E-state index contributed by atoms with van der Waals surface area (Å²) in [6.07, 6.45) is 12.0. The van der Waals surface area contributed by atoms with Gasteiger partial charge in [0.05, 0.1) is 6.61 Å². The topological polar surface area (TPSA) is 35.5 Å². The summed E-state index contributed by atoms with van der Waals surface area (Å²) < 4.78 is 0. The molecule has 2 bridgehead atoms. The third-order valence-electron chi connectivity index (χ3n) is 6.13. The standard InChI is InChI=1S/C16H28N2O/c19-11-16(17-13-4-5-13)7-1-2-15(9-16)18-10-12-3-6-14(18)8-12/h12-15,17,19H,1-11H2. The Morgan fingerprint density at radius 1 is 1.11 bits per heavy atom. The zero-order valence-corrected chi connectivity index (χ0v) is 12.0. The zero-order valence-electron chi connectivity index (χ0n) is 12.0. The van der Waals surface area contributed by atoms with Gasteiger partial charge in [-0.05, 0) is 63.7 Å². The van der Waals surface area contributed by atoms with E-state index in [1.165, 1.54) is 64.3 Å². The number of hydrogen-bond acceptors (Lipinski definition) is 3. The van der Waals surface area contributed by atoms with Crippen molar-refractivity contribution in [2.75, 3.05) is 13.2 Å². The molecule has 1 aliphatic heterocycles. The van der Waals surface area contributed by atoms with E-state index in [-0.39, 0.29) is 5.54 Å². The molecule has 0 aromatic heterocycles. The number of piperidine rings is 1. The molecule has 1 saturated heterocycles. The van der Waals surface area contributed by atoms with Gasteiger partial charge >= 0.3 is 0 Å². The fourth-order valence-electron chi connectivity index (χ4n) is 5.01. The Labute approximate surface area is 116 Å². The van der Waals surface area contributed by atoms with Crippen molar-refractivity contribution < 1.29 is 5.11 Å². The third-order valence-corrected chi connectivity index (χ3v) is 6.13. The summed E-state index contributed by atoms with van der Waals surface area (Å²) in [7, 11) is 0. The van der Waals surface area contributed by atoms with Crippen molar-refractivity contribution in [1.29, 1.82) is 0 Å². The monoisotopic (exact) mass is 264 g/mol. The zero-order chi connectivity index (χ0) is 12.9. The third kappa shape index (κ3) is 2.34. The molecular weight excluding hydrogens is 236 g/mol. The molecule has 4 atom stereocenters. The lowest BCUT2D eigenvalue weighted by molar-refractivity contribution is 0.0440. The Morgan fingerprint density at radius 2 is 2.00 bits per heavy atom. The molecule has 3 aliphatic carbocycles. The van der Waals surface area contributed by atoms with Crippen LogP contribution in [0.15, 0.2) is 0 Å². The molecule has 0 radical (unpaired) electrons. The van der Waals surface area contributed by atoms with E-state index in [4.69, 9.17) is 0 Å². The number of hydrogen-bond donors (Lipinski definition) is 2. The lowest BCUT2D eigenvalue weighted by Gasteiger charge is -2.46. The van der Waals surface area contributed by atoms with E-state index in [9.17, 15) is 5.11 Å². The van der Waals surface area contributed by atoms with E-state index >= 15 is 0 Å². The highest BCUT2D eigenvalue weighted by molar-refractivity contribution is 5.03. The first-order valence-electron chi connectivity index (χ1n) is 8.42. The summed E-state index contributed by atoms with van der Waals surface area (Å²) in [5, 5.41) is 13.7. The molecule has 4 unspecified atom stereocenters. The molecule has 0 aromatic carbocycles. The van der Waals surface area contributed by atoms with Crippen LogP contribution < -0.4 is 5.32 Å². The predicted octanol–water partition coefficient (Wildman–Crippen LogP) is 1.90. The Kier molecular flexibility index (Phi) is 3.13. The van der Waals surface area contributed by atoms with Crippen molar-refractivity contribution in [3.05, 3.63) is 0 Å². The quantitative estimate of drug-likeness (QED) is 0.814. The molecule has 3 nitrogen and oxygen atoms in total. The first-order valence-corrected chi connectivity index (χ1v) is 8.42. The van der Waals surface area contributed by atoms with Gasteiger partial charge in [0.15, 0.2) is 0 Å². The van der Waals surface area contributed by atoms with Gasteiger partial charge in [-0.25, -0.2) is 0 Å². The minimum atomic E-state index is 0.0475. The second-order valence-corrected chi connectivity index (χ2v) is 7.64. The number of aliphatic hydroxyl groups excluding tert-OH is 1. The van der Waals surface area contributed by atoms with Crippen LogP contribution in [0.5, 0.6) is 0 Å². The van der Waals surface area contributed by atoms with Crippen LogP contribution in [0.1, 0.15) is 57.8 Å². The molecular formula is C16H28N2O. The van der Waals surface area contributed by atoms with E-state index < -0.39 is 0 Å². The molecule has 4 fully saturated rings. The summed E-state index contributed by atoms with van der Waals surface area (Å²) in [6.45, 7) is 1.68. The van der Waals surface area contributed by atoms with Gasteiger partial charge in [-0.3, -0.25) is 4.90 Å². The molecule has 4 rings (SSSR count). The molecule has 0 spiro atoms. The Morgan fingerprint density at radius 3 is 2.63 bits per heavy atom. The average molecular weight is 264 g/mol. The number of fused-ring (bicyclic) bond motifs is 2. The van der Waals surface area contributed by atoms with Gasteiger partial charge in [0.2, 0.25) is 0 Å². The minimum absolute atomic E-state index is 0.0475. The molecule has 3 heteroatoms. The molecule has 0 aromatic rings. The van der Waals surface area contributed by atoms with E-state index in [2.05, 4.69) is 10.2 Å². The second kappa shape index (κ2) is 4.71. The van der Waals surface area contributed by atoms with E-state index in [1.54, 1.807) is 0 Å². The van der Waals surface area contributed by atoms with Crippen LogP contribution in [0.3, 0.4) is 0 Å². The number of likely N-dealkylation sites (tertiary alicyclic amines) is 1. The maximum absolute atomic E-state index is 9.93. The Bertz CT molecular complexity index is 344. The van der Waals surface area contributed by atoms with Crippen LogP contribution >= 0.6 is 0 Å². The Hall–Kier alpha value is -0.120. The van der Waals surface area contributed by atoms with Gasteiger partial charge in [0.25, 0.3) is 0 Å². The summed E-state index contributed by atoms with van der Waals surface area (Å²) in [5.74, 6) is 0.992. The van der Waals surface area contributed by atoms with Crippen molar-refractivity contribution in [2.24, 2.45) is 5.92 Å². The second-order valence-electron chi connectivity index (χ2n) is 7.64. The van der Waals surface area contributed by atoms with Crippen molar-refractivity contribution in [3.8, 4) is 0 Å². The lowest BCUT2D eigenvalue weighted by Crippen LogP contribution is -2.57. The predicted molar refractivity (Wildman–Crippen MR) is 76.1 cm³/mol. The number of nitrogens with zero attached hydrogens (tertiary/aromatic N) is 1. The highest BCUT2D eigenvalue weighted by Crippen LogP contribution is 2.43.